The van der Waals surface area contributed by atoms with Crippen molar-refractivity contribution in [2.45, 2.75) is 43.9 Å². The van der Waals surface area contributed by atoms with E-state index in [2.05, 4.69) is 11.6 Å². The van der Waals surface area contributed by atoms with E-state index >= 15 is 0 Å². The van der Waals surface area contributed by atoms with Gasteiger partial charge in [-0.15, -0.1) is 0 Å². The molecule has 118 valence electrons. The number of halogens is 1. The van der Waals surface area contributed by atoms with E-state index in [1.165, 1.54) is 18.6 Å². The first-order chi connectivity index (χ1) is 9.92. The second-order valence-corrected chi connectivity index (χ2v) is 7.57. The molecule has 2 rings (SSSR count). The van der Waals surface area contributed by atoms with Gasteiger partial charge >= 0.3 is 0 Å². The number of nitrogens with one attached hydrogen (secondary N) is 1. The maximum Gasteiger partial charge on any atom is 0.243 e. The normalized spacial score (nSPS) is 23.1. The zero-order valence-corrected chi connectivity index (χ0v) is 13.1. The third-order valence-corrected chi connectivity index (χ3v) is 5.81. The van der Waals surface area contributed by atoms with Crippen molar-refractivity contribution in [2.24, 2.45) is 11.8 Å². The first-order valence-electron chi connectivity index (χ1n) is 7.47. The molecule has 0 bridgehead atoms. The summed E-state index contributed by atoms with van der Waals surface area (Å²) in [6, 6.07) is 3.63. The molecule has 6 heteroatoms. The van der Waals surface area contributed by atoms with Gasteiger partial charge in [-0.3, -0.25) is 0 Å². The summed E-state index contributed by atoms with van der Waals surface area (Å²) in [5, 5.41) is 0. The van der Waals surface area contributed by atoms with Gasteiger partial charge < -0.3 is 5.73 Å². The van der Waals surface area contributed by atoms with Crippen LogP contribution in [0, 0.1) is 17.7 Å². The highest BCUT2D eigenvalue weighted by molar-refractivity contribution is 7.89. The Morgan fingerprint density at radius 2 is 1.86 bits per heavy atom. The number of hydrogen-bond acceptors (Lipinski definition) is 3. The summed E-state index contributed by atoms with van der Waals surface area (Å²) in [5.41, 5.74) is 5.64. The Labute approximate surface area is 126 Å². The SMILES string of the molecule is CCC1CCC(CNS(=O)(=O)c2ccc(N)cc2F)CC1. The maximum absolute atomic E-state index is 13.7. The van der Waals surface area contributed by atoms with Crippen LogP contribution in [0.5, 0.6) is 0 Å². The van der Waals surface area contributed by atoms with Crippen LogP contribution in [0.4, 0.5) is 10.1 Å². The van der Waals surface area contributed by atoms with Gasteiger partial charge in [0.05, 0.1) is 0 Å². The fraction of sp³-hybridized carbons (Fsp3) is 0.600. The Bertz CT molecular complexity index is 581. The standard InChI is InChI=1S/C15H23FN2O2S/c1-2-11-3-5-12(6-4-11)10-18-21(19,20)15-8-7-13(17)9-14(15)16/h7-9,11-12,18H,2-6,10,17H2,1H3. The molecule has 0 amide bonds. The van der Waals surface area contributed by atoms with Gasteiger partial charge in [0.15, 0.2) is 0 Å². The Morgan fingerprint density at radius 1 is 1.24 bits per heavy atom. The van der Waals surface area contributed by atoms with E-state index in [4.69, 9.17) is 5.73 Å². The molecule has 0 atom stereocenters. The molecule has 0 heterocycles. The maximum atomic E-state index is 13.7. The van der Waals surface area contributed by atoms with Gasteiger partial charge in [-0.05, 0) is 42.9 Å². The Balaban J connectivity index is 1.96. The number of rotatable bonds is 5. The number of benzene rings is 1. The minimum Gasteiger partial charge on any atom is -0.399 e. The molecule has 1 saturated carbocycles. The van der Waals surface area contributed by atoms with Crippen LogP contribution in [0.15, 0.2) is 23.1 Å². The smallest absolute Gasteiger partial charge is 0.243 e. The van der Waals surface area contributed by atoms with E-state index in [-0.39, 0.29) is 10.6 Å². The van der Waals surface area contributed by atoms with Gasteiger partial charge in [-0.2, -0.15) is 0 Å². The lowest BCUT2D eigenvalue weighted by Gasteiger charge is -2.27. The molecule has 1 aliphatic rings. The van der Waals surface area contributed by atoms with Gasteiger partial charge in [0.2, 0.25) is 10.0 Å². The van der Waals surface area contributed by atoms with E-state index < -0.39 is 15.8 Å². The van der Waals surface area contributed by atoms with Crippen molar-refractivity contribution in [1.82, 2.24) is 4.72 Å². The van der Waals surface area contributed by atoms with Crippen molar-refractivity contribution in [3.63, 3.8) is 0 Å². The first kappa shape index (κ1) is 16.2. The zero-order valence-electron chi connectivity index (χ0n) is 12.3. The summed E-state index contributed by atoms with van der Waals surface area (Å²) in [4.78, 5) is -0.334. The van der Waals surface area contributed by atoms with Crippen LogP contribution in [-0.2, 0) is 10.0 Å². The lowest BCUT2D eigenvalue weighted by Crippen LogP contribution is -2.31. The fourth-order valence-electron chi connectivity index (χ4n) is 2.88. The molecule has 0 aromatic heterocycles. The number of nitrogens with two attached hydrogens (primary N) is 1. The Kier molecular flexibility index (Phi) is 5.22. The minimum absolute atomic E-state index is 0.212. The van der Waals surface area contributed by atoms with E-state index in [9.17, 15) is 12.8 Å². The molecular formula is C15H23FN2O2S. The van der Waals surface area contributed by atoms with Crippen LogP contribution in [0.25, 0.3) is 0 Å². The van der Waals surface area contributed by atoms with Crippen LogP contribution in [0.1, 0.15) is 39.0 Å². The molecule has 3 N–H and O–H groups in total. The molecule has 1 fully saturated rings. The molecule has 0 spiro atoms. The third-order valence-electron chi connectivity index (χ3n) is 4.35. The highest BCUT2D eigenvalue weighted by Crippen LogP contribution is 2.30. The molecule has 0 saturated heterocycles. The van der Waals surface area contributed by atoms with Gasteiger partial charge in [-0.1, -0.05) is 26.2 Å². The first-order valence-corrected chi connectivity index (χ1v) is 8.95. The van der Waals surface area contributed by atoms with E-state index in [0.717, 1.165) is 37.7 Å². The molecule has 0 aliphatic heterocycles. The van der Waals surface area contributed by atoms with E-state index in [1.54, 1.807) is 0 Å². The Hall–Kier alpha value is -1.14. The lowest BCUT2D eigenvalue weighted by atomic mass is 9.81. The molecule has 0 unspecified atom stereocenters. The zero-order chi connectivity index (χ0) is 15.5. The number of sulfonamides is 1. The quantitative estimate of drug-likeness (QED) is 0.821. The van der Waals surface area contributed by atoms with Crippen molar-refractivity contribution >= 4 is 15.7 Å². The van der Waals surface area contributed by atoms with Crippen molar-refractivity contribution in [3.8, 4) is 0 Å². The molecule has 1 aromatic rings. The number of anilines is 1. The third kappa shape index (κ3) is 4.17. The van der Waals surface area contributed by atoms with E-state index in [0.29, 0.717) is 12.5 Å². The lowest BCUT2D eigenvalue weighted by molar-refractivity contribution is 0.270. The predicted molar refractivity (Wildman–Crippen MR) is 81.7 cm³/mol. The average Bonchev–Trinajstić information content (AvgIpc) is 2.45. The molecular weight excluding hydrogens is 291 g/mol. The number of nitrogen functional groups attached to an aromatic ring is 1. The minimum atomic E-state index is -3.81. The van der Waals surface area contributed by atoms with Crippen LogP contribution < -0.4 is 10.5 Å². The molecule has 1 aliphatic carbocycles. The number of hydrogen-bond donors (Lipinski definition) is 2. The average molecular weight is 314 g/mol. The van der Waals surface area contributed by atoms with E-state index in [1.807, 2.05) is 0 Å². The van der Waals surface area contributed by atoms with Crippen LogP contribution >= 0.6 is 0 Å². The van der Waals surface area contributed by atoms with Crippen LogP contribution in [0.2, 0.25) is 0 Å². The summed E-state index contributed by atoms with van der Waals surface area (Å²) in [7, 11) is -3.81. The van der Waals surface area contributed by atoms with Crippen LogP contribution in [0.3, 0.4) is 0 Å². The molecule has 0 radical (unpaired) electrons. The highest BCUT2D eigenvalue weighted by Gasteiger charge is 2.24. The molecule has 21 heavy (non-hydrogen) atoms. The monoisotopic (exact) mass is 314 g/mol. The van der Waals surface area contributed by atoms with Crippen molar-refractivity contribution < 1.29 is 12.8 Å². The molecule has 4 nitrogen and oxygen atoms in total. The van der Waals surface area contributed by atoms with Gasteiger partial charge in [0.1, 0.15) is 10.7 Å². The van der Waals surface area contributed by atoms with Crippen molar-refractivity contribution in [3.05, 3.63) is 24.0 Å². The second kappa shape index (κ2) is 6.75. The van der Waals surface area contributed by atoms with Gasteiger partial charge in [0, 0.05) is 12.2 Å². The molecule has 1 aromatic carbocycles. The van der Waals surface area contributed by atoms with Gasteiger partial charge in [0.25, 0.3) is 0 Å². The Morgan fingerprint density at radius 3 is 2.43 bits per heavy atom. The predicted octanol–water partition coefficient (Wildman–Crippen LogP) is 2.90. The summed E-state index contributed by atoms with van der Waals surface area (Å²) < 4.78 is 40.5. The van der Waals surface area contributed by atoms with Gasteiger partial charge in [-0.25, -0.2) is 17.5 Å². The summed E-state index contributed by atoms with van der Waals surface area (Å²) in [6.07, 6.45) is 5.56. The van der Waals surface area contributed by atoms with Crippen molar-refractivity contribution in [1.29, 1.82) is 0 Å². The van der Waals surface area contributed by atoms with Crippen molar-refractivity contribution in [2.75, 3.05) is 12.3 Å². The largest absolute Gasteiger partial charge is 0.399 e. The summed E-state index contributed by atoms with van der Waals surface area (Å²) in [5.74, 6) is 0.309. The fourth-order valence-corrected chi connectivity index (χ4v) is 4.06. The second-order valence-electron chi connectivity index (χ2n) is 5.84. The highest BCUT2D eigenvalue weighted by atomic mass is 32.2. The summed E-state index contributed by atoms with van der Waals surface area (Å²) >= 11 is 0. The topological polar surface area (TPSA) is 72.2 Å². The van der Waals surface area contributed by atoms with Crippen LogP contribution in [-0.4, -0.2) is 15.0 Å². The summed E-state index contributed by atoms with van der Waals surface area (Å²) in [6.45, 7) is 2.57.